The van der Waals surface area contributed by atoms with Gasteiger partial charge in [0.1, 0.15) is 18.3 Å². The van der Waals surface area contributed by atoms with Gasteiger partial charge in [-0.1, -0.05) is 25.0 Å². The van der Waals surface area contributed by atoms with Gasteiger partial charge in [-0.05, 0) is 70.4 Å². The van der Waals surface area contributed by atoms with Crippen molar-refractivity contribution in [2.75, 3.05) is 13.2 Å². The zero-order valence-corrected chi connectivity index (χ0v) is 19.5. The Bertz CT molecular complexity index is 619. The molecule has 4 unspecified atom stereocenters. The molecule has 0 bridgehead atoms. The van der Waals surface area contributed by atoms with Crippen molar-refractivity contribution in [2.24, 2.45) is 5.92 Å². The van der Waals surface area contributed by atoms with E-state index in [0.29, 0.717) is 19.4 Å². The molecule has 172 valence electrons. The molecule has 6 nitrogen and oxygen atoms in total. The Morgan fingerprint density at radius 1 is 1.27 bits per heavy atom. The maximum Gasteiger partial charge on any atom is 0.303 e. The number of hydrogen-bond donors (Lipinski definition) is 1. The molecule has 0 radical (unpaired) electrons. The third-order valence-electron chi connectivity index (χ3n) is 5.72. The van der Waals surface area contributed by atoms with Gasteiger partial charge < -0.3 is 19.3 Å². The second kappa shape index (κ2) is 12.9. The predicted octanol–water partition coefficient (Wildman–Crippen LogP) is 4.50. The van der Waals surface area contributed by atoms with Gasteiger partial charge in [0.15, 0.2) is 0 Å². The van der Waals surface area contributed by atoms with Crippen molar-refractivity contribution in [3.8, 4) is 0 Å². The first-order valence-corrected chi connectivity index (χ1v) is 11.0. The van der Waals surface area contributed by atoms with Crippen LogP contribution in [0.5, 0.6) is 0 Å². The number of aliphatic hydroxyl groups excluding tert-OH is 1. The lowest BCUT2D eigenvalue weighted by Gasteiger charge is -2.35. The minimum atomic E-state index is -0.590. The molecule has 4 atom stereocenters. The van der Waals surface area contributed by atoms with E-state index in [-0.39, 0.29) is 36.7 Å². The van der Waals surface area contributed by atoms with Crippen molar-refractivity contribution in [3.63, 3.8) is 0 Å². The Morgan fingerprint density at radius 2 is 1.97 bits per heavy atom. The molecule has 0 saturated carbocycles. The number of carbonyl (C=O) groups is 2. The molecule has 0 amide bonds. The van der Waals surface area contributed by atoms with Crippen molar-refractivity contribution in [1.82, 2.24) is 0 Å². The minimum Gasteiger partial charge on any atom is -0.462 e. The fraction of sp³-hybridized carbons (Fsp3) is 0.750. The van der Waals surface area contributed by atoms with E-state index in [1.54, 1.807) is 0 Å². The standard InChI is InChI=1S/C24H40O6/c1-17(2)9-11-22(27)18(3)8-7-14-24(6)23(30-20(5)26)12-10-21(16-29-24)13-15-28-19(4)25/h9,13,18,22-23,27H,7-8,10-12,14-16H2,1-6H3. The van der Waals surface area contributed by atoms with Crippen molar-refractivity contribution in [2.45, 2.75) is 97.9 Å². The minimum absolute atomic E-state index is 0.182. The molecule has 1 aliphatic heterocycles. The zero-order valence-electron chi connectivity index (χ0n) is 19.5. The number of rotatable bonds is 10. The van der Waals surface area contributed by atoms with Crippen LogP contribution in [0.25, 0.3) is 0 Å². The molecule has 0 aliphatic carbocycles. The van der Waals surface area contributed by atoms with E-state index in [0.717, 1.165) is 31.3 Å². The summed E-state index contributed by atoms with van der Waals surface area (Å²) in [6, 6.07) is 0. The van der Waals surface area contributed by atoms with Crippen LogP contribution >= 0.6 is 0 Å². The summed E-state index contributed by atoms with van der Waals surface area (Å²) in [7, 11) is 0. The number of esters is 2. The Balaban J connectivity index is 2.70. The van der Waals surface area contributed by atoms with E-state index in [4.69, 9.17) is 14.2 Å². The Labute approximate surface area is 181 Å². The summed E-state index contributed by atoms with van der Waals surface area (Å²) in [6.07, 6.45) is 7.80. The number of carbonyl (C=O) groups excluding carboxylic acids is 2. The Hall–Kier alpha value is -1.66. The highest BCUT2D eigenvalue weighted by atomic mass is 16.6. The number of hydrogen-bond acceptors (Lipinski definition) is 6. The fourth-order valence-corrected chi connectivity index (χ4v) is 3.66. The molecular formula is C24H40O6. The van der Waals surface area contributed by atoms with E-state index in [2.05, 4.69) is 13.0 Å². The lowest BCUT2D eigenvalue weighted by molar-refractivity contribution is -0.167. The van der Waals surface area contributed by atoms with Crippen LogP contribution in [0.15, 0.2) is 23.3 Å². The lowest BCUT2D eigenvalue weighted by atomic mass is 9.87. The van der Waals surface area contributed by atoms with Crippen LogP contribution in [-0.2, 0) is 23.8 Å². The van der Waals surface area contributed by atoms with Crippen LogP contribution in [0.3, 0.4) is 0 Å². The van der Waals surface area contributed by atoms with Gasteiger partial charge in [-0.25, -0.2) is 0 Å². The third-order valence-corrected chi connectivity index (χ3v) is 5.72. The van der Waals surface area contributed by atoms with Crippen LogP contribution < -0.4 is 0 Å². The van der Waals surface area contributed by atoms with Crippen LogP contribution in [0.4, 0.5) is 0 Å². The summed E-state index contributed by atoms with van der Waals surface area (Å²) in [5.74, 6) is -0.445. The maximum absolute atomic E-state index is 11.7. The number of ether oxygens (including phenoxy) is 3. The number of aliphatic hydroxyl groups is 1. The SMILES string of the molecule is CC(=O)OCC=C1CCC(OC(C)=O)C(C)(CCCC(C)C(O)CC=C(C)C)OC1. The molecular weight excluding hydrogens is 384 g/mol. The molecule has 6 heteroatoms. The normalized spacial score (nSPS) is 25.2. The molecule has 1 rings (SSSR count). The largest absolute Gasteiger partial charge is 0.462 e. The number of allylic oxidation sites excluding steroid dienone is 1. The molecule has 1 fully saturated rings. The molecule has 1 aliphatic rings. The van der Waals surface area contributed by atoms with Crippen molar-refractivity contribution < 1.29 is 28.9 Å². The topological polar surface area (TPSA) is 82.1 Å². The first kappa shape index (κ1) is 26.4. The van der Waals surface area contributed by atoms with Crippen molar-refractivity contribution in [1.29, 1.82) is 0 Å². The van der Waals surface area contributed by atoms with Gasteiger partial charge in [-0.3, -0.25) is 9.59 Å². The van der Waals surface area contributed by atoms with Gasteiger partial charge >= 0.3 is 11.9 Å². The predicted molar refractivity (Wildman–Crippen MR) is 117 cm³/mol. The Kier molecular flexibility index (Phi) is 11.3. The molecule has 1 saturated heterocycles. The molecule has 0 aromatic rings. The van der Waals surface area contributed by atoms with Gasteiger partial charge in [0.25, 0.3) is 0 Å². The van der Waals surface area contributed by atoms with Crippen LogP contribution in [-0.4, -0.2) is 48.1 Å². The fourth-order valence-electron chi connectivity index (χ4n) is 3.66. The first-order chi connectivity index (χ1) is 14.0. The summed E-state index contributed by atoms with van der Waals surface area (Å²) in [6.45, 7) is 11.6. The summed E-state index contributed by atoms with van der Waals surface area (Å²) >= 11 is 0. The van der Waals surface area contributed by atoms with Gasteiger partial charge in [0.05, 0.1) is 12.7 Å². The van der Waals surface area contributed by atoms with E-state index < -0.39 is 5.60 Å². The van der Waals surface area contributed by atoms with Crippen molar-refractivity contribution >= 4 is 11.9 Å². The molecule has 1 heterocycles. The maximum atomic E-state index is 11.7. The van der Waals surface area contributed by atoms with Gasteiger partial charge in [0, 0.05) is 13.8 Å². The highest BCUT2D eigenvalue weighted by Gasteiger charge is 2.39. The molecule has 0 spiro atoms. The lowest BCUT2D eigenvalue weighted by Crippen LogP contribution is -2.43. The van der Waals surface area contributed by atoms with Crippen molar-refractivity contribution in [3.05, 3.63) is 23.3 Å². The van der Waals surface area contributed by atoms with Crippen LogP contribution in [0, 0.1) is 5.92 Å². The first-order valence-electron chi connectivity index (χ1n) is 11.0. The van der Waals surface area contributed by atoms with Gasteiger partial charge in [-0.15, -0.1) is 0 Å². The van der Waals surface area contributed by atoms with E-state index >= 15 is 0 Å². The summed E-state index contributed by atoms with van der Waals surface area (Å²) in [4.78, 5) is 22.6. The summed E-state index contributed by atoms with van der Waals surface area (Å²) in [5, 5.41) is 10.4. The highest BCUT2D eigenvalue weighted by Crippen LogP contribution is 2.34. The summed E-state index contributed by atoms with van der Waals surface area (Å²) in [5.41, 5.74) is 1.66. The highest BCUT2D eigenvalue weighted by molar-refractivity contribution is 5.66. The average Bonchev–Trinajstić information content (AvgIpc) is 2.79. The average molecular weight is 425 g/mol. The van der Waals surface area contributed by atoms with Crippen LogP contribution in [0.2, 0.25) is 0 Å². The van der Waals surface area contributed by atoms with Gasteiger partial charge in [0.2, 0.25) is 0 Å². The van der Waals surface area contributed by atoms with E-state index in [9.17, 15) is 14.7 Å². The van der Waals surface area contributed by atoms with Crippen LogP contribution in [0.1, 0.15) is 80.1 Å². The Morgan fingerprint density at radius 3 is 2.57 bits per heavy atom. The second-order valence-electron chi connectivity index (χ2n) is 8.86. The third kappa shape index (κ3) is 9.90. The quantitative estimate of drug-likeness (QED) is 0.411. The monoisotopic (exact) mass is 424 g/mol. The van der Waals surface area contributed by atoms with Gasteiger partial charge in [-0.2, -0.15) is 0 Å². The molecule has 1 N–H and O–H groups in total. The zero-order chi connectivity index (χ0) is 22.7. The molecule has 30 heavy (non-hydrogen) atoms. The summed E-state index contributed by atoms with van der Waals surface area (Å²) < 4.78 is 16.8. The molecule has 0 aromatic heterocycles. The molecule has 0 aromatic carbocycles. The smallest absolute Gasteiger partial charge is 0.303 e. The second-order valence-corrected chi connectivity index (χ2v) is 8.86. The van der Waals surface area contributed by atoms with E-state index in [1.165, 1.54) is 19.4 Å². The van der Waals surface area contributed by atoms with E-state index in [1.807, 2.05) is 26.8 Å².